The number of ether oxygens (including phenoxy) is 2. The van der Waals surface area contributed by atoms with Gasteiger partial charge in [-0.1, -0.05) is 11.8 Å². The van der Waals surface area contributed by atoms with Crippen molar-refractivity contribution >= 4 is 47.6 Å². The summed E-state index contributed by atoms with van der Waals surface area (Å²) in [4.78, 5) is 19.3. The van der Waals surface area contributed by atoms with E-state index in [-0.39, 0.29) is 18.0 Å². The van der Waals surface area contributed by atoms with Gasteiger partial charge in [-0.15, -0.1) is 0 Å². The second-order valence-electron chi connectivity index (χ2n) is 8.25. The minimum absolute atomic E-state index is 0.0361. The number of aliphatic imine (C=N–C) groups is 2. The van der Waals surface area contributed by atoms with Crippen molar-refractivity contribution in [1.82, 2.24) is 9.97 Å². The Labute approximate surface area is 204 Å². The zero-order chi connectivity index (χ0) is 23.9. The maximum Gasteiger partial charge on any atom is 0.189 e. The zero-order valence-electron chi connectivity index (χ0n) is 19.7. The van der Waals surface area contributed by atoms with Gasteiger partial charge in [0.05, 0.1) is 31.2 Å². The molecule has 2 heterocycles. The minimum atomic E-state index is -0.429. The van der Waals surface area contributed by atoms with Gasteiger partial charge in [0.15, 0.2) is 16.8 Å². The number of aromatic nitrogens is 2. The fourth-order valence-electron chi connectivity index (χ4n) is 4.32. The zero-order valence-corrected chi connectivity index (χ0v) is 20.5. The first-order chi connectivity index (χ1) is 16.6. The molecule has 1 aromatic heterocycles. The van der Waals surface area contributed by atoms with Crippen LogP contribution in [-0.4, -0.2) is 67.6 Å². The van der Waals surface area contributed by atoms with Gasteiger partial charge in [-0.25, -0.2) is 14.4 Å². The number of benzene rings is 1. The molecule has 2 aliphatic rings. The van der Waals surface area contributed by atoms with Crippen LogP contribution in [0.5, 0.6) is 5.75 Å². The maximum absolute atomic E-state index is 14.1. The van der Waals surface area contributed by atoms with Crippen molar-refractivity contribution in [2.75, 3.05) is 42.8 Å². The molecule has 0 unspecified atom stereocenters. The highest BCUT2D eigenvalue weighted by Crippen LogP contribution is 2.43. The van der Waals surface area contributed by atoms with Crippen molar-refractivity contribution in [2.45, 2.75) is 49.9 Å². The molecule has 8 nitrogen and oxygen atoms in total. The molecule has 4 rings (SSSR count). The smallest absolute Gasteiger partial charge is 0.189 e. The van der Waals surface area contributed by atoms with Crippen LogP contribution in [0.4, 0.5) is 27.3 Å². The second-order valence-corrected chi connectivity index (χ2v) is 9.02. The Kier molecular flexibility index (Phi) is 8.34. The molecular formula is C24H31FN6O2S. The van der Waals surface area contributed by atoms with Crippen LogP contribution in [0.3, 0.4) is 0 Å². The van der Waals surface area contributed by atoms with Crippen LogP contribution in [-0.2, 0) is 4.74 Å². The average molecular weight is 487 g/mol. The Morgan fingerprint density at radius 2 is 2.03 bits per heavy atom. The Balaban J connectivity index is 1.45. The first kappa shape index (κ1) is 24.4. The molecule has 34 heavy (non-hydrogen) atoms. The Morgan fingerprint density at radius 1 is 1.26 bits per heavy atom. The Morgan fingerprint density at radius 3 is 2.71 bits per heavy atom. The molecule has 10 heteroatoms. The van der Waals surface area contributed by atoms with Crippen LogP contribution in [0, 0.1) is 5.82 Å². The molecule has 0 amide bonds. The molecule has 1 N–H and O–H groups in total. The lowest BCUT2D eigenvalue weighted by molar-refractivity contribution is 0.122. The summed E-state index contributed by atoms with van der Waals surface area (Å²) in [7, 11) is 0. The Bertz CT molecular complexity index is 1020. The van der Waals surface area contributed by atoms with Crippen molar-refractivity contribution < 1.29 is 13.9 Å². The third kappa shape index (κ3) is 5.85. The normalized spacial score (nSPS) is 21.0. The van der Waals surface area contributed by atoms with Gasteiger partial charge in [-0.05, 0) is 51.6 Å². The van der Waals surface area contributed by atoms with E-state index < -0.39 is 5.82 Å². The largest absolute Gasteiger partial charge is 0.488 e. The molecular weight excluding hydrogens is 455 g/mol. The predicted molar refractivity (Wildman–Crippen MR) is 137 cm³/mol. The van der Waals surface area contributed by atoms with Gasteiger partial charge in [0.1, 0.15) is 11.4 Å². The molecule has 2 fully saturated rings. The van der Waals surface area contributed by atoms with E-state index in [1.807, 2.05) is 25.3 Å². The first-order valence-electron chi connectivity index (χ1n) is 11.6. The van der Waals surface area contributed by atoms with E-state index in [4.69, 9.17) is 9.47 Å². The van der Waals surface area contributed by atoms with Crippen molar-refractivity contribution in [1.29, 1.82) is 0 Å². The van der Waals surface area contributed by atoms with Crippen molar-refractivity contribution in [3.8, 4) is 5.75 Å². The maximum atomic E-state index is 14.1. The van der Waals surface area contributed by atoms with Crippen LogP contribution < -0.4 is 15.0 Å². The highest BCUT2D eigenvalue weighted by molar-refractivity contribution is 7.98. The summed E-state index contributed by atoms with van der Waals surface area (Å²) < 4.78 is 26.1. The summed E-state index contributed by atoms with van der Waals surface area (Å²) in [6.07, 6.45) is 8.26. The summed E-state index contributed by atoms with van der Waals surface area (Å²) in [6.45, 7) is 8.68. The van der Waals surface area contributed by atoms with Crippen molar-refractivity contribution in [3.05, 3.63) is 24.1 Å². The van der Waals surface area contributed by atoms with Crippen LogP contribution in [0.1, 0.15) is 32.6 Å². The highest BCUT2D eigenvalue weighted by Gasteiger charge is 2.26. The van der Waals surface area contributed by atoms with Gasteiger partial charge in [0.25, 0.3) is 0 Å². The number of nitrogens with zero attached hydrogens (tertiary/aromatic N) is 5. The first-order valence-corrected chi connectivity index (χ1v) is 12.8. The molecule has 1 aliphatic heterocycles. The van der Waals surface area contributed by atoms with Crippen molar-refractivity contribution in [2.24, 2.45) is 9.98 Å². The molecule has 1 aromatic carbocycles. The summed E-state index contributed by atoms with van der Waals surface area (Å²) >= 11 is 1.39. The number of rotatable bonds is 8. The number of nitrogens with one attached hydrogen (secondary N) is 1. The molecule has 1 saturated carbocycles. The summed E-state index contributed by atoms with van der Waals surface area (Å²) in [5, 5.41) is 3.80. The van der Waals surface area contributed by atoms with Crippen LogP contribution in [0.15, 0.2) is 33.5 Å². The lowest BCUT2D eigenvalue weighted by Gasteiger charge is -2.32. The molecule has 1 saturated heterocycles. The third-order valence-corrected chi connectivity index (χ3v) is 6.62. The van der Waals surface area contributed by atoms with E-state index in [2.05, 4.69) is 36.9 Å². The summed E-state index contributed by atoms with van der Waals surface area (Å²) in [5.41, 5.74) is 2.45. The molecule has 0 atom stereocenters. The average Bonchev–Trinajstić information content (AvgIpc) is 2.87. The topological polar surface area (TPSA) is 84.2 Å². The van der Waals surface area contributed by atoms with E-state index >= 15 is 0 Å². The van der Waals surface area contributed by atoms with Crippen LogP contribution in [0.2, 0.25) is 0 Å². The third-order valence-electron chi connectivity index (χ3n) is 6.06. The fraction of sp³-hybridized carbons (Fsp3) is 0.500. The summed E-state index contributed by atoms with van der Waals surface area (Å²) in [6, 6.07) is 4.20. The standard InChI is InChI=1S/C24H31FN6O2S/c1-4-27-20-13-17(31-9-11-32-12-10-31)14-21(22(20)26-2)33-18-7-5-16(6-8-18)29-23-19(25)15-28-24(30-23)34-3/h4,13-16,18H,2,5-12H2,1,3H3,(H,28,29,30)/b27-4-/t16-,18+. The minimum Gasteiger partial charge on any atom is -0.488 e. The fourth-order valence-corrected chi connectivity index (χ4v) is 4.66. The quantitative estimate of drug-likeness (QED) is 0.318. The van der Waals surface area contributed by atoms with E-state index in [1.165, 1.54) is 18.0 Å². The van der Waals surface area contributed by atoms with E-state index in [9.17, 15) is 4.39 Å². The number of hydrogen-bond donors (Lipinski definition) is 1. The number of halogens is 1. The van der Waals surface area contributed by atoms with Gasteiger partial charge in [-0.3, -0.25) is 9.98 Å². The van der Waals surface area contributed by atoms with E-state index in [1.54, 1.807) is 6.21 Å². The molecule has 182 valence electrons. The lowest BCUT2D eigenvalue weighted by atomic mass is 9.93. The van der Waals surface area contributed by atoms with Gasteiger partial charge >= 0.3 is 0 Å². The lowest BCUT2D eigenvalue weighted by Crippen LogP contribution is -2.36. The number of anilines is 2. The number of hydrogen-bond acceptors (Lipinski definition) is 9. The predicted octanol–water partition coefficient (Wildman–Crippen LogP) is 5.03. The van der Waals surface area contributed by atoms with Gasteiger partial charge in [0, 0.05) is 37.1 Å². The second kappa shape index (κ2) is 11.6. The SMILES string of the molecule is C=Nc1c(/N=C\C)cc(N2CCOCC2)cc1O[C@H]1CC[C@@H](Nc2nc(SC)ncc2F)CC1. The van der Waals surface area contributed by atoms with Crippen LogP contribution in [0.25, 0.3) is 0 Å². The number of thioether (sulfide) groups is 1. The highest BCUT2D eigenvalue weighted by atomic mass is 32.2. The molecule has 0 bridgehead atoms. The van der Waals surface area contributed by atoms with Crippen LogP contribution >= 0.6 is 11.8 Å². The van der Waals surface area contributed by atoms with Gasteiger partial charge < -0.3 is 19.7 Å². The molecule has 1 aliphatic carbocycles. The monoisotopic (exact) mass is 486 g/mol. The molecule has 0 spiro atoms. The number of morpholine rings is 1. The van der Waals surface area contributed by atoms with E-state index in [0.717, 1.165) is 50.1 Å². The van der Waals surface area contributed by atoms with Crippen molar-refractivity contribution in [3.63, 3.8) is 0 Å². The summed E-state index contributed by atoms with van der Waals surface area (Å²) in [5.74, 6) is 0.534. The molecule has 2 aromatic rings. The Hall–Kier alpha value is -2.72. The van der Waals surface area contributed by atoms with Gasteiger partial charge in [-0.2, -0.15) is 0 Å². The molecule has 0 radical (unpaired) electrons. The van der Waals surface area contributed by atoms with Gasteiger partial charge in [0.2, 0.25) is 0 Å². The van der Waals surface area contributed by atoms with E-state index in [0.29, 0.717) is 29.8 Å².